The van der Waals surface area contributed by atoms with Gasteiger partial charge in [0.1, 0.15) is 27.2 Å². The smallest absolute Gasteiger partial charge is 0.146 e. The topological polar surface area (TPSA) is 25.8 Å². The van der Waals surface area contributed by atoms with E-state index in [1.165, 1.54) is 33.4 Å². The van der Waals surface area contributed by atoms with Gasteiger partial charge in [0.2, 0.25) is 0 Å². The molecule has 0 atom stereocenters. The van der Waals surface area contributed by atoms with Crippen LogP contribution in [0, 0.1) is 22.9 Å². The number of benzene rings is 4. The fourth-order valence-electron chi connectivity index (χ4n) is 10.8. The lowest BCUT2D eigenvalue weighted by atomic mass is 9.61. The Hall–Kier alpha value is -3.97. The van der Waals surface area contributed by atoms with Crippen LogP contribution >= 0.6 is 0 Å². The lowest BCUT2D eigenvalue weighted by molar-refractivity contribution is 0.756. The minimum atomic E-state index is -1.97. The Morgan fingerprint density at radius 3 is 0.981 bits per heavy atom. The van der Waals surface area contributed by atoms with E-state index in [9.17, 15) is 0 Å². The average molecular weight is 717 g/mol. The third-order valence-corrected chi connectivity index (χ3v) is 25.8. The van der Waals surface area contributed by atoms with Gasteiger partial charge in [-0.3, -0.25) is 0 Å². The maximum absolute atomic E-state index is 5.52. The average Bonchev–Trinajstić information content (AvgIpc) is 3.09. The van der Waals surface area contributed by atoms with E-state index in [4.69, 9.17) is 9.97 Å². The van der Waals surface area contributed by atoms with Crippen molar-refractivity contribution in [2.24, 2.45) is 0 Å². The second kappa shape index (κ2) is 13.5. The first-order chi connectivity index (χ1) is 24.7. The molecular weight excluding hydrogens is 661 g/mol. The molecule has 2 nitrogen and oxygen atoms in total. The molecule has 2 bridgehead atoms. The fourth-order valence-corrected chi connectivity index (χ4v) is 21.3. The summed E-state index contributed by atoms with van der Waals surface area (Å²) in [6, 6.07) is 27.1. The molecule has 5 aromatic rings. The molecule has 0 amide bonds. The third kappa shape index (κ3) is 5.44. The third-order valence-electron chi connectivity index (χ3n) is 13.2. The second-order valence-electron chi connectivity index (χ2n) is 17.5. The predicted octanol–water partition coefficient (Wildman–Crippen LogP) is 12.9. The Balaban J connectivity index is 1.51. The number of hydrogen-bond donors (Lipinski definition) is 0. The van der Waals surface area contributed by atoms with Crippen molar-refractivity contribution in [1.82, 2.24) is 9.97 Å². The molecule has 52 heavy (non-hydrogen) atoms. The molecular formula is C48H56N2Si2. The molecule has 4 aromatic carbocycles. The fraction of sp³-hybridized carbons (Fsp3) is 0.417. The Labute approximate surface area is 315 Å². The van der Waals surface area contributed by atoms with Crippen LogP contribution in [0.25, 0.3) is 22.1 Å². The number of fused-ring (bicyclic) bond motifs is 2. The number of rotatable bonds is 6. The van der Waals surface area contributed by atoms with Crippen molar-refractivity contribution in [3.8, 4) is 22.9 Å². The van der Waals surface area contributed by atoms with E-state index in [0.717, 1.165) is 33.2 Å². The Kier molecular flexibility index (Phi) is 9.42. The highest BCUT2D eigenvalue weighted by Crippen LogP contribution is 2.56. The van der Waals surface area contributed by atoms with Crippen molar-refractivity contribution in [2.45, 2.75) is 128 Å². The first-order valence-corrected chi connectivity index (χ1v) is 24.2. The normalized spacial score (nSPS) is 16.4. The van der Waals surface area contributed by atoms with Crippen molar-refractivity contribution in [3.05, 3.63) is 117 Å². The zero-order valence-corrected chi connectivity index (χ0v) is 35.4. The molecule has 3 aliphatic carbocycles. The van der Waals surface area contributed by atoms with Crippen LogP contribution in [-0.2, 0) is 0 Å². The van der Waals surface area contributed by atoms with Gasteiger partial charge in [-0.1, -0.05) is 143 Å². The van der Waals surface area contributed by atoms with Gasteiger partial charge >= 0.3 is 0 Å². The molecule has 0 saturated carbocycles. The Bertz CT molecular complexity index is 2070. The largest absolute Gasteiger partial charge is 0.243 e. The van der Waals surface area contributed by atoms with Crippen LogP contribution in [0.4, 0.5) is 0 Å². The highest BCUT2D eigenvalue weighted by atomic mass is 28.3. The zero-order valence-electron chi connectivity index (χ0n) is 33.4. The summed E-state index contributed by atoms with van der Waals surface area (Å²) in [4.78, 5) is 11.0. The highest BCUT2D eigenvalue weighted by molar-refractivity contribution is 6.91. The molecule has 0 spiro atoms. The summed E-state index contributed by atoms with van der Waals surface area (Å²) < 4.78 is 0. The summed E-state index contributed by atoms with van der Waals surface area (Å²) in [6.45, 7) is 28.6. The predicted molar refractivity (Wildman–Crippen MR) is 228 cm³/mol. The van der Waals surface area contributed by atoms with Gasteiger partial charge in [0.15, 0.2) is 0 Å². The van der Waals surface area contributed by atoms with Crippen LogP contribution in [0.3, 0.4) is 0 Å². The molecule has 0 saturated heterocycles. The summed E-state index contributed by atoms with van der Waals surface area (Å²) in [7, 11) is -3.94. The van der Waals surface area contributed by atoms with E-state index >= 15 is 0 Å². The van der Waals surface area contributed by atoms with Crippen molar-refractivity contribution >= 4 is 38.2 Å². The molecule has 8 rings (SSSR count). The van der Waals surface area contributed by atoms with E-state index in [0.29, 0.717) is 33.2 Å². The molecule has 0 N–H and O–H groups in total. The maximum Gasteiger partial charge on any atom is 0.146 e. The summed E-state index contributed by atoms with van der Waals surface area (Å²) in [6.07, 6.45) is 0. The van der Waals surface area contributed by atoms with Crippen molar-refractivity contribution in [2.75, 3.05) is 0 Å². The van der Waals surface area contributed by atoms with Gasteiger partial charge in [-0.05, 0) is 90.9 Å². The van der Waals surface area contributed by atoms with Crippen LogP contribution in [0.15, 0.2) is 72.8 Å². The lowest BCUT2D eigenvalue weighted by Gasteiger charge is -2.42. The molecule has 0 unspecified atom stereocenters. The van der Waals surface area contributed by atoms with Crippen LogP contribution < -0.4 is 0 Å². The van der Waals surface area contributed by atoms with E-state index in [2.05, 4.69) is 179 Å². The van der Waals surface area contributed by atoms with Crippen LogP contribution in [0.5, 0.6) is 0 Å². The Morgan fingerprint density at radius 2 is 0.712 bits per heavy atom. The van der Waals surface area contributed by atoms with Gasteiger partial charge in [0.05, 0.1) is 22.2 Å². The molecule has 3 aliphatic rings. The highest BCUT2D eigenvalue weighted by Gasteiger charge is 2.44. The van der Waals surface area contributed by atoms with Crippen molar-refractivity contribution < 1.29 is 0 Å². The van der Waals surface area contributed by atoms with E-state index < -0.39 is 16.1 Å². The summed E-state index contributed by atoms with van der Waals surface area (Å²) in [5.74, 6) is 7.95. The van der Waals surface area contributed by atoms with Crippen molar-refractivity contribution in [1.29, 1.82) is 0 Å². The van der Waals surface area contributed by atoms with Crippen molar-refractivity contribution in [3.63, 3.8) is 0 Å². The molecule has 0 radical (unpaired) electrons. The molecule has 0 aliphatic heterocycles. The first kappa shape index (κ1) is 36.4. The quantitative estimate of drug-likeness (QED) is 0.0973. The van der Waals surface area contributed by atoms with Gasteiger partial charge in [-0.2, -0.15) is 0 Å². The minimum Gasteiger partial charge on any atom is -0.243 e. The van der Waals surface area contributed by atoms with E-state index in [1.54, 1.807) is 0 Å². The number of nitrogens with zero attached hydrogens (tertiary/aromatic N) is 2. The standard InChI is InChI=1S/C48H56N2Si2/c1-29(2)51(30(3)4,31(5)6)25-23-35-21-22-36(24-26-52(32(7)8,33(9)10)34(11)12)48-47(35)49-43-27-41-42(28-44(43)50-48)46-39-19-15-13-17-37(39)45(41)38-18-14-16-20-40(38)46/h13-22,27-34,45-46H,1-12H3. The lowest BCUT2D eigenvalue weighted by Crippen LogP contribution is -2.43. The molecule has 4 heteroatoms. The molecule has 266 valence electrons. The van der Waals surface area contributed by atoms with Gasteiger partial charge < -0.3 is 0 Å². The Morgan fingerprint density at radius 1 is 0.423 bits per heavy atom. The second-order valence-corrected chi connectivity index (χ2v) is 28.6. The van der Waals surface area contributed by atoms with Gasteiger partial charge in [-0.25, -0.2) is 9.97 Å². The van der Waals surface area contributed by atoms with Gasteiger partial charge in [0, 0.05) is 11.8 Å². The molecule has 0 fully saturated rings. The van der Waals surface area contributed by atoms with E-state index in [-0.39, 0.29) is 11.8 Å². The van der Waals surface area contributed by atoms with Gasteiger partial charge in [0.25, 0.3) is 0 Å². The van der Waals surface area contributed by atoms with Gasteiger partial charge in [-0.15, -0.1) is 11.1 Å². The molecule has 1 heterocycles. The zero-order chi connectivity index (χ0) is 37.3. The number of aromatic nitrogens is 2. The molecule has 1 aromatic heterocycles. The van der Waals surface area contributed by atoms with Crippen LogP contribution in [0.1, 0.15) is 139 Å². The van der Waals surface area contributed by atoms with Crippen LogP contribution in [-0.4, -0.2) is 26.1 Å². The summed E-state index contributed by atoms with van der Waals surface area (Å²) in [5, 5.41) is 0. The number of hydrogen-bond acceptors (Lipinski definition) is 2. The van der Waals surface area contributed by atoms with E-state index in [1.807, 2.05) is 0 Å². The SMILES string of the molecule is CC(C)[Si](C#Cc1ccc(C#C[Si](C(C)C)(C(C)C)C(C)C)c2nc3cc4c(cc3nc12)C1c2ccccc2C4c2ccccc21)(C(C)C)C(C)C. The first-order valence-electron chi connectivity index (χ1n) is 19.8. The minimum absolute atomic E-state index is 0.196. The summed E-state index contributed by atoms with van der Waals surface area (Å²) >= 11 is 0. The maximum atomic E-state index is 5.52. The van der Waals surface area contributed by atoms with Crippen LogP contribution in [0.2, 0.25) is 33.2 Å². The monoisotopic (exact) mass is 716 g/mol. The summed E-state index contributed by atoms with van der Waals surface area (Å²) in [5.41, 5.74) is 25.3.